The van der Waals surface area contributed by atoms with Gasteiger partial charge in [-0.3, -0.25) is 4.79 Å². The van der Waals surface area contributed by atoms with Gasteiger partial charge in [0.15, 0.2) is 0 Å². The Morgan fingerprint density at radius 1 is 1.42 bits per heavy atom. The number of nitrogens with one attached hydrogen (secondary N) is 2. The molecule has 0 aliphatic heterocycles. The van der Waals surface area contributed by atoms with Crippen LogP contribution in [0.5, 0.6) is 0 Å². The largest absolute Gasteiger partial charge is 0.373 e. The Morgan fingerprint density at radius 2 is 2.11 bits per heavy atom. The van der Waals surface area contributed by atoms with E-state index in [1.165, 1.54) is 0 Å². The average Bonchev–Trinajstić information content (AvgIpc) is 2.36. The van der Waals surface area contributed by atoms with Crippen molar-refractivity contribution in [3.05, 3.63) is 11.9 Å². The molecule has 0 unspecified atom stereocenters. The van der Waals surface area contributed by atoms with Gasteiger partial charge in [0.25, 0.3) is 0 Å². The van der Waals surface area contributed by atoms with E-state index in [9.17, 15) is 4.79 Å². The molecule has 0 aliphatic rings. The summed E-state index contributed by atoms with van der Waals surface area (Å²) in [7, 11) is 3.66. The Bertz CT molecular complexity index is 411. The smallest absolute Gasteiger partial charge is 0.239 e. The summed E-state index contributed by atoms with van der Waals surface area (Å²) < 4.78 is 0. The number of amides is 1. The Labute approximate surface area is 114 Å². The SMILES string of the molecule is CCc1nc(NC)cc(N(C)CC(=O)NC(C)C)n1. The third-order valence-electron chi connectivity index (χ3n) is 2.55. The van der Waals surface area contributed by atoms with E-state index in [2.05, 4.69) is 20.6 Å². The second kappa shape index (κ2) is 6.92. The van der Waals surface area contributed by atoms with E-state index in [4.69, 9.17) is 0 Å². The van der Waals surface area contributed by atoms with Crippen molar-refractivity contribution in [1.82, 2.24) is 15.3 Å². The number of carbonyl (C=O) groups is 1. The van der Waals surface area contributed by atoms with Crippen LogP contribution in [0.1, 0.15) is 26.6 Å². The molecule has 0 aliphatic carbocycles. The second-order valence-electron chi connectivity index (χ2n) is 4.71. The zero-order valence-electron chi connectivity index (χ0n) is 12.3. The number of hydrogen-bond acceptors (Lipinski definition) is 5. The lowest BCUT2D eigenvalue weighted by molar-refractivity contribution is -0.120. The predicted octanol–water partition coefficient (Wildman–Crippen LogP) is 1.04. The van der Waals surface area contributed by atoms with Gasteiger partial charge in [-0.05, 0) is 13.8 Å². The molecule has 6 heteroatoms. The van der Waals surface area contributed by atoms with Crippen molar-refractivity contribution in [1.29, 1.82) is 0 Å². The van der Waals surface area contributed by atoms with Crippen molar-refractivity contribution in [2.75, 3.05) is 30.9 Å². The molecule has 1 rings (SSSR count). The first kappa shape index (κ1) is 15.2. The number of carbonyl (C=O) groups excluding carboxylic acids is 1. The molecule has 2 N–H and O–H groups in total. The number of hydrogen-bond donors (Lipinski definition) is 2. The molecule has 0 fully saturated rings. The minimum absolute atomic E-state index is 0.0137. The van der Waals surface area contributed by atoms with Crippen molar-refractivity contribution in [2.45, 2.75) is 33.2 Å². The topological polar surface area (TPSA) is 70.2 Å². The second-order valence-corrected chi connectivity index (χ2v) is 4.71. The quantitative estimate of drug-likeness (QED) is 0.804. The van der Waals surface area contributed by atoms with Gasteiger partial charge in [0.1, 0.15) is 17.5 Å². The molecule has 1 aromatic heterocycles. The van der Waals surface area contributed by atoms with Gasteiger partial charge >= 0.3 is 0 Å². The first-order chi connectivity index (χ1) is 8.96. The molecule has 0 saturated carbocycles. The summed E-state index contributed by atoms with van der Waals surface area (Å²) in [6.45, 7) is 6.17. The van der Waals surface area contributed by atoms with Gasteiger partial charge in [-0.25, -0.2) is 9.97 Å². The van der Waals surface area contributed by atoms with E-state index in [0.717, 1.165) is 23.9 Å². The van der Waals surface area contributed by atoms with Gasteiger partial charge in [-0.1, -0.05) is 6.92 Å². The van der Waals surface area contributed by atoms with Crippen LogP contribution in [-0.2, 0) is 11.2 Å². The van der Waals surface area contributed by atoms with Crippen LogP contribution >= 0.6 is 0 Å². The van der Waals surface area contributed by atoms with Gasteiger partial charge in [-0.15, -0.1) is 0 Å². The number of rotatable bonds is 6. The van der Waals surface area contributed by atoms with Gasteiger partial charge < -0.3 is 15.5 Å². The number of aromatic nitrogens is 2. The van der Waals surface area contributed by atoms with Crippen LogP contribution in [0.2, 0.25) is 0 Å². The maximum atomic E-state index is 11.7. The molecule has 19 heavy (non-hydrogen) atoms. The molecule has 0 bridgehead atoms. The Hall–Kier alpha value is -1.85. The molecule has 1 aromatic rings. The Morgan fingerprint density at radius 3 is 2.63 bits per heavy atom. The summed E-state index contributed by atoms with van der Waals surface area (Å²) >= 11 is 0. The van der Waals surface area contributed by atoms with Gasteiger partial charge in [0, 0.05) is 32.6 Å². The minimum atomic E-state index is -0.0137. The van der Waals surface area contributed by atoms with Crippen molar-refractivity contribution in [3.8, 4) is 0 Å². The molecule has 0 spiro atoms. The van der Waals surface area contributed by atoms with Crippen LogP contribution in [0.15, 0.2) is 6.07 Å². The van der Waals surface area contributed by atoms with Crippen LogP contribution in [0.3, 0.4) is 0 Å². The predicted molar refractivity (Wildman–Crippen MR) is 77.5 cm³/mol. The van der Waals surface area contributed by atoms with Crippen molar-refractivity contribution in [2.24, 2.45) is 0 Å². The standard InChI is InChI=1S/C13H23N5O/c1-6-10-16-11(14-4)7-12(17-10)18(5)8-13(19)15-9(2)3/h7,9H,6,8H2,1-5H3,(H,15,19)(H,14,16,17). The van der Waals surface area contributed by atoms with E-state index in [1.807, 2.05) is 45.8 Å². The monoisotopic (exact) mass is 265 g/mol. The lowest BCUT2D eigenvalue weighted by Crippen LogP contribution is -2.39. The molecule has 6 nitrogen and oxygen atoms in total. The lowest BCUT2D eigenvalue weighted by atomic mass is 10.3. The first-order valence-electron chi connectivity index (χ1n) is 6.52. The number of aryl methyl sites for hydroxylation is 1. The third kappa shape index (κ3) is 4.73. The fourth-order valence-corrected chi connectivity index (χ4v) is 1.63. The van der Waals surface area contributed by atoms with E-state index >= 15 is 0 Å². The van der Waals surface area contributed by atoms with Crippen molar-refractivity contribution < 1.29 is 4.79 Å². The van der Waals surface area contributed by atoms with E-state index in [-0.39, 0.29) is 18.5 Å². The van der Waals surface area contributed by atoms with Crippen LogP contribution in [0.4, 0.5) is 11.6 Å². The molecule has 0 radical (unpaired) electrons. The maximum Gasteiger partial charge on any atom is 0.239 e. The molecule has 0 saturated heterocycles. The molecule has 1 heterocycles. The summed E-state index contributed by atoms with van der Waals surface area (Å²) in [6, 6.07) is 1.98. The summed E-state index contributed by atoms with van der Waals surface area (Å²) in [5.41, 5.74) is 0. The fourth-order valence-electron chi connectivity index (χ4n) is 1.63. The van der Waals surface area contributed by atoms with Gasteiger partial charge in [0.2, 0.25) is 5.91 Å². The molecule has 1 amide bonds. The highest BCUT2D eigenvalue weighted by atomic mass is 16.2. The normalized spacial score (nSPS) is 10.4. The number of anilines is 2. The molecular weight excluding hydrogens is 242 g/mol. The third-order valence-corrected chi connectivity index (χ3v) is 2.55. The van der Waals surface area contributed by atoms with E-state index < -0.39 is 0 Å². The minimum Gasteiger partial charge on any atom is -0.373 e. The fraction of sp³-hybridized carbons (Fsp3) is 0.615. The van der Waals surface area contributed by atoms with Gasteiger partial charge in [-0.2, -0.15) is 0 Å². The first-order valence-corrected chi connectivity index (χ1v) is 6.52. The molecule has 0 atom stereocenters. The number of nitrogens with zero attached hydrogens (tertiary/aromatic N) is 3. The zero-order valence-corrected chi connectivity index (χ0v) is 12.3. The highest BCUT2D eigenvalue weighted by Gasteiger charge is 2.11. The van der Waals surface area contributed by atoms with Crippen LogP contribution in [-0.4, -0.2) is 42.6 Å². The lowest BCUT2D eigenvalue weighted by Gasteiger charge is -2.19. The molecular formula is C13H23N5O. The average molecular weight is 265 g/mol. The highest BCUT2D eigenvalue weighted by molar-refractivity contribution is 5.81. The number of likely N-dealkylation sites (N-methyl/N-ethyl adjacent to an activating group) is 1. The zero-order chi connectivity index (χ0) is 14.4. The summed E-state index contributed by atoms with van der Waals surface area (Å²) in [6.07, 6.45) is 0.758. The van der Waals surface area contributed by atoms with Crippen LogP contribution in [0, 0.1) is 0 Å². The van der Waals surface area contributed by atoms with E-state index in [1.54, 1.807) is 0 Å². The van der Waals surface area contributed by atoms with Gasteiger partial charge in [0.05, 0.1) is 6.54 Å². The van der Waals surface area contributed by atoms with Crippen LogP contribution in [0.25, 0.3) is 0 Å². The molecule has 106 valence electrons. The summed E-state index contributed by atoms with van der Waals surface area (Å²) in [5, 5.41) is 5.87. The van der Waals surface area contributed by atoms with Crippen molar-refractivity contribution >= 4 is 17.5 Å². The Balaban J connectivity index is 2.80. The highest BCUT2D eigenvalue weighted by Crippen LogP contribution is 2.14. The maximum absolute atomic E-state index is 11.7. The molecule has 0 aromatic carbocycles. The van der Waals surface area contributed by atoms with Crippen molar-refractivity contribution in [3.63, 3.8) is 0 Å². The van der Waals surface area contributed by atoms with E-state index in [0.29, 0.717) is 0 Å². The summed E-state index contributed by atoms with van der Waals surface area (Å²) in [5.74, 6) is 2.26. The van der Waals surface area contributed by atoms with Crippen LogP contribution < -0.4 is 15.5 Å². The summed E-state index contributed by atoms with van der Waals surface area (Å²) in [4.78, 5) is 22.3. The Kier molecular flexibility index (Phi) is 5.54.